The Hall–Kier alpha value is -3.74. The lowest BCUT2D eigenvalue weighted by Gasteiger charge is -2.05. The summed E-state index contributed by atoms with van der Waals surface area (Å²) in [5.74, 6) is -0.957. The van der Waals surface area contributed by atoms with Crippen LogP contribution in [0.2, 0.25) is 0 Å². The highest BCUT2D eigenvalue weighted by Crippen LogP contribution is 2.31. The lowest BCUT2D eigenvalue weighted by atomic mass is 10.1. The van der Waals surface area contributed by atoms with Gasteiger partial charge in [0.1, 0.15) is 11.3 Å². The highest BCUT2D eigenvalue weighted by molar-refractivity contribution is 6.09. The number of carbonyl (C=O) groups is 2. The molecule has 2 aromatic heterocycles. The topological polar surface area (TPSA) is 97.1 Å². The van der Waals surface area contributed by atoms with E-state index >= 15 is 0 Å². The van der Waals surface area contributed by atoms with Crippen LogP contribution in [-0.2, 0) is 0 Å². The second-order valence-electron chi connectivity index (χ2n) is 5.72. The molecule has 0 unspecified atom stereocenters. The monoisotopic (exact) mass is 346 g/mol. The zero-order valence-electron chi connectivity index (χ0n) is 13.8. The second-order valence-corrected chi connectivity index (χ2v) is 5.72. The van der Waals surface area contributed by atoms with Crippen molar-refractivity contribution in [1.82, 2.24) is 20.8 Å². The van der Waals surface area contributed by atoms with Crippen LogP contribution in [0, 0.1) is 6.92 Å². The van der Waals surface area contributed by atoms with Crippen molar-refractivity contribution in [3.63, 3.8) is 0 Å². The summed E-state index contributed by atoms with van der Waals surface area (Å²) in [7, 11) is 0. The molecule has 2 amide bonds. The average molecular weight is 346 g/mol. The van der Waals surface area contributed by atoms with Gasteiger partial charge in [-0.15, -0.1) is 0 Å². The van der Waals surface area contributed by atoms with Gasteiger partial charge in [0.25, 0.3) is 5.91 Å². The van der Waals surface area contributed by atoms with Gasteiger partial charge < -0.3 is 4.42 Å². The minimum absolute atomic E-state index is 0.0973. The van der Waals surface area contributed by atoms with Crippen molar-refractivity contribution >= 4 is 33.6 Å². The number of aryl methyl sites for hydroxylation is 1. The predicted molar refractivity (Wildman–Crippen MR) is 95.4 cm³/mol. The van der Waals surface area contributed by atoms with E-state index in [0.717, 1.165) is 16.2 Å². The molecule has 0 bridgehead atoms. The first kappa shape index (κ1) is 15.8. The molecule has 0 aliphatic carbocycles. The summed E-state index contributed by atoms with van der Waals surface area (Å²) in [4.78, 5) is 32.1. The third kappa shape index (κ3) is 2.65. The molecule has 7 nitrogen and oxygen atoms in total. The summed E-state index contributed by atoms with van der Waals surface area (Å²) in [5, 5.41) is 2.81. The largest absolute Gasteiger partial charge is 0.450 e. The molecule has 2 aromatic carbocycles. The van der Waals surface area contributed by atoms with Gasteiger partial charge in [0.2, 0.25) is 0 Å². The number of nitrogens with zero attached hydrogens (tertiary/aromatic N) is 2. The lowest BCUT2D eigenvalue weighted by molar-refractivity contribution is 0.0829. The van der Waals surface area contributed by atoms with E-state index in [4.69, 9.17) is 4.42 Å². The van der Waals surface area contributed by atoms with E-state index in [2.05, 4.69) is 20.8 Å². The van der Waals surface area contributed by atoms with Crippen LogP contribution in [0.3, 0.4) is 0 Å². The molecule has 0 saturated heterocycles. The first-order valence-electron chi connectivity index (χ1n) is 7.92. The third-order valence-electron chi connectivity index (χ3n) is 4.12. The molecule has 0 saturated carbocycles. The maximum absolute atomic E-state index is 12.5. The molecule has 0 aliphatic heterocycles. The molecule has 2 heterocycles. The Labute approximate surface area is 148 Å². The summed E-state index contributed by atoms with van der Waals surface area (Å²) >= 11 is 0. The van der Waals surface area contributed by atoms with Crippen molar-refractivity contribution in [3.8, 4) is 0 Å². The van der Waals surface area contributed by atoms with Gasteiger partial charge in [-0.1, -0.05) is 36.4 Å². The SMILES string of the molecule is Cc1c(C(=O)NNC(=O)c2cnccn2)oc2c1ccc1ccccc12. The third-order valence-corrected chi connectivity index (χ3v) is 4.12. The molecule has 0 radical (unpaired) electrons. The zero-order valence-corrected chi connectivity index (χ0v) is 13.8. The number of hydrogen-bond donors (Lipinski definition) is 2. The highest BCUT2D eigenvalue weighted by atomic mass is 16.3. The Morgan fingerprint density at radius 1 is 0.962 bits per heavy atom. The number of hydrazine groups is 1. The molecule has 0 fully saturated rings. The number of amides is 2. The van der Waals surface area contributed by atoms with Gasteiger partial charge in [-0.3, -0.25) is 25.4 Å². The smallest absolute Gasteiger partial charge is 0.305 e. The van der Waals surface area contributed by atoms with Gasteiger partial charge >= 0.3 is 5.91 Å². The average Bonchev–Trinajstić information content (AvgIpc) is 3.04. The molecule has 4 aromatic rings. The van der Waals surface area contributed by atoms with Gasteiger partial charge in [-0.05, 0) is 12.3 Å². The van der Waals surface area contributed by atoms with Crippen LogP contribution in [0.1, 0.15) is 26.6 Å². The molecule has 0 atom stereocenters. The minimum atomic E-state index is -0.564. The van der Waals surface area contributed by atoms with Crippen LogP contribution >= 0.6 is 0 Å². The van der Waals surface area contributed by atoms with Gasteiger partial charge in [-0.2, -0.15) is 0 Å². The van der Waals surface area contributed by atoms with Crippen molar-refractivity contribution < 1.29 is 14.0 Å². The van der Waals surface area contributed by atoms with Crippen LogP contribution in [0.5, 0.6) is 0 Å². The zero-order chi connectivity index (χ0) is 18.1. The Kier molecular flexibility index (Phi) is 3.81. The van der Waals surface area contributed by atoms with E-state index < -0.39 is 11.8 Å². The van der Waals surface area contributed by atoms with Crippen LogP contribution in [-0.4, -0.2) is 21.8 Å². The van der Waals surface area contributed by atoms with Crippen LogP contribution < -0.4 is 10.9 Å². The molecule has 0 aliphatic rings. The number of nitrogens with one attached hydrogen (secondary N) is 2. The number of fused-ring (bicyclic) bond motifs is 3. The molecule has 0 spiro atoms. The summed E-state index contributed by atoms with van der Waals surface area (Å²) < 4.78 is 5.82. The van der Waals surface area contributed by atoms with E-state index in [1.807, 2.05) is 36.4 Å². The Morgan fingerprint density at radius 3 is 2.58 bits per heavy atom. The van der Waals surface area contributed by atoms with Crippen LogP contribution in [0.15, 0.2) is 59.4 Å². The lowest BCUT2D eigenvalue weighted by Crippen LogP contribution is -2.42. The van der Waals surface area contributed by atoms with Crippen molar-refractivity contribution in [2.24, 2.45) is 0 Å². The standard InChI is InChI=1S/C19H14N4O3/c1-11-13-7-6-12-4-2-3-5-14(12)17(13)26-16(11)19(25)23-22-18(24)15-10-20-8-9-21-15/h2-10H,1H3,(H,22,24)(H,23,25). The van der Waals surface area contributed by atoms with E-state index in [9.17, 15) is 9.59 Å². The molecule has 4 rings (SSSR count). The number of hydrogen-bond acceptors (Lipinski definition) is 5. The number of benzene rings is 2. The fraction of sp³-hybridized carbons (Fsp3) is 0.0526. The first-order chi connectivity index (χ1) is 12.6. The highest BCUT2D eigenvalue weighted by Gasteiger charge is 2.19. The maximum atomic E-state index is 12.5. The molecule has 128 valence electrons. The Morgan fingerprint density at radius 2 is 1.77 bits per heavy atom. The fourth-order valence-electron chi connectivity index (χ4n) is 2.82. The molecular formula is C19H14N4O3. The predicted octanol–water partition coefficient (Wildman–Crippen LogP) is 2.76. The number of rotatable bonds is 2. The van der Waals surface area contributed by atoms with Crippen LogP contribution in [0.25, 0.3) is 21.7 Å². The number of carbonyl (C=O) groups excluding carboxylic acids is 2. The van der Waals surface area contributed by atoms with Gasteiger partial charge in [0.15, 0.2) is 5.76 Å². The molecule has 26 heavy (non-hydrogen) atoms. The van der Waals surface area contributed by atoms with Crippen molar-refractivity contribution in [1.29, 1.82) is 0 Å². The van der Waals surface area contributed by atoms with Crippen molar-refractivity contribution in [2.45, 2.75) is 6.92 Å². The van der Waals surface area contributed by atoms with E-state index in [0.29, 0.717) is 11.1 Å². The van der Waals surface area contributed by atoms with E-state index in [1.54, 1.807) is 6.92 Å². The van der Waals surface area contributed by atoms with Gasteiger partial charge in [0.05, 0.1) is 6.20 Å². The summed E-state index contributed by atoms with van der Waals surface area (Å²) in [5.41, 5.74) is 6.10. The van der Waals surface area contributed by atoms with Gasteiger partial charge in [-0.25, -0.2) is 4.98 Å². The summed E-state index contributed by atoms with van der Waals surface area (Å²) in [6, 6.07) is 11.7. The second kappa shape index (κ2) is 6.29. The molecule has 7 heteroatoms. The number of aromatic nitrogens is 2. The fourth-order valence-corrected chi connectivity index (χ4v) is 2.82. The Balaban J connectivity index is 1.62. The van der Waals surface area contributed by atoms with Crippen molar-refractivity contribution in [3.05, 3.63) is 72.0 Å². The quantitative estimate of drug-likeness (QED) is 0.544. The first-order valence-corrected chi connectivity index (χ1v) is 7.92. The molecule has 2 N–H and O–H groups in total. The summed E-state index contributed by atoms with van der Waals surface area (Å²) in [6.07, 6.45) is 4.16. The maximum Gasteiger partial charge on any atom is 0.305 e. The van der Waals surface area contributed by atoms with Gasteiger partial charge in [0, 0.05) is 28.7 Å². The van der Waals surface area contributed by atoms with Crippen molar-refractivity contribution in [2.75, 3.05) is 0 Å². The van der Waals surface area contributed by atoms with E-state index in [1.165, 1.54) is 18.6 Å². The Bertz CT molecular complexity index is 1140. The normalized spacial score (nSPS) is 10.8. The number of furan rings is 1. The summed E-state index contributed by atoms with van der Waals surface area (Å²) in [6.45, 7) is 1.81. The minimum Gasteiger partial charge on any atom is -0.450 e. The van der Waals surface area contributed by atoms with Crippen LogP contribution in [0.4, 0.5) is 0 Å². The molecular weight excluding hydrogens is 332 g/mol. The van der Waals surface area contributed by atoms with E-state index in [-0.39, 0.29) is 11.5 Å².